The molecule has 0 unspecified atom stereocenters. The molecule has 1 aromatic rings. The first-order valence-corrected chi connectivity index (χ1v) is 5.22. The van der Waals surface area contributed by atoms with Crippen molar-refractivity contribution in [3.8, 4) is 17.2 Å². The number of para-hydroxylation sites is 1. The van der Waals surface area contributed by atoms with E-state index in [0.29, 0.717) is 35.3 Å². The maximum absolute atomic E-state index is 5.51. The monoisotopic (exact) mass is 241 g/mol. The van der Waals surface area contributed by atoms with Crippen LogP contribution in [0.3, 0.4) is 0 Å². The van der Waals surface area contributed by atoms with Gasteiger partial charge in [-0.3, -0.25) is 0 Å². The van der Waals surface area contributed by atoms with E-state index in [0.717, 1.165) is 0 Å². The molecule has 1 aromatic carbocycles. The zero-order valence-electron chi connectivity index (χ0n) is 9.36. The van der Waals surface area contributed by atoms with Gasteiger partial charge in [0.25, 0.3) is 0 Å². The van der Waals surface area contributed by atoms with Gasteiger partial charge >= 0.3 is 0 Å². The van der Waals surface area contributed by atoms with Gasteiger partial charge in [-0.15, -0.1) is 0 Å². The van der Waals surface area contributed by atoms with Gasteiger partial charge in [0.1, 0.15) is 0 Å². The van der Waals surface area contributed by atoms with Crippen molar-refractivity contribution < 1.29 is 14.2 Å². The Morgan fingerprint density at radius 2 is 1.94 bits per heavy atom. The molecule has 0 saturated carbocycles. The van der Waals surface area contributed by atoms with Crippen molar-refractivity contribution in [1.82, 2.24) is 0 Å². The third-order valence-electron chi connectivity index (χ3n) is 1.97. The Morgan fingerprint density at radius 1 is 1.25 bits per heavy atom. The van der Waals surface area contributed by atoms with E-state index in [1.165, 1.54) is 0 Å². The van der Waals surface area contributed by atoms with Gasteiger partial charge in [0.2, 0.25) is 5.75 Å². The first-order valence-electron chi connectivity index (χ1n) is 4.81. The van der Waals surface area contributed by atoms with Crippen molar-refractivity contribution in [1.29, 1.82) is 0 Å². The van der Waals surface area contributed by atoms with Crippen LogP contribution in [-0.4, -0.2) is 25.8 Å². The number of hydrogen-bond donors (Lipinski definition) is 1. The van der Waals surface area contributed by atoms with Crippen molar-refractivity contribution in [3.63, 3.8) is 0 Å². The number of rotatable bonds is 6. The summed E-state index contributed by atoms with van der Waals surface area (Å²) >= 11 is 4.76. The van der Waals surface area contributed by atoms with Crippen LogP contribution in [0.2, 0.25) is 0 Å². The third-order valence-corrected chi connectivity index (χ3v) is 2.18. The summed E-state index contributed by atoms with van der Waals surface area (Å²) < 4.78 is 15.9. The Labute approximate surface area is 100 Å². The molecule has 2 N–H and O–H groups in total. The summed E-state index contributed by atoms with van der Waals surface area (Å²) in [5.74, 6) is 1.83. The lowest BCUT2D eigenvalue weighted by Crippen LogP contribution is -2.12. The summed E-state index contributed by atoms with van der Waals surface area (Å²) in [6, 6.07) is 5.44. The van der Waals surface area contributed by atoms with E-state index in [2.05, 4.69) is 0 Å². The van der Waals surface area contributed by atoms with Crippen LogP contribution in [0.15, 0.2) is 18.2 Å². The molecule has 0 aromatic heterocycles. The molecule has 0 radical (unpaired) electrons. The topological polar surface area (TPSA) is 53.7 Å². The van der Waals surface area contributed by atoms with Crippen molar-refractivity contribution in [2.45, 2.75) is 6.42 Å². The van der Waals surface area contributed by atoms with Crippen molar-refractivity contribution in [2.75, 3.05) is 20.8 Å². The van der Waals surface area contributed by atoms with Gasteiger partial charge in [0.05, 0.1) is 25.8 Å². The second-order valence-electron chi connectivity index (χ2n) is 3.06. The van der Waals surface area contributed by atoms with Gasteiger partial charge in [-0.1, -0.05) is 18.3 Å². The van der Waals surface area contributed by atoms with E-state index < -0.39 is 0 Å². The Balaban J connectivity index is 2.74. The van der Waals surface area contributed by atoms with E-state index in [9.17, 15) is 0 Å². The Morgan fingerprint density at radius 3 is 2.50 bits per heavy atom. The number of methoxy groups -OCH3 is 2. The van der Waals surface area contributed by atoms with E-state index in [1.807, 2.05) is 6.07 Å². The van der Waals surface area contributed by atoms with Crippen LogP contribution in [0.5, 0.6) is 17.2 Å². The number of thiocarbonyl (C=S) groups is 1. The van der Waals surface area contributed by atoms with Gasteiger partial charge in [-0.2, -0.15) is 0 Å². The normalized spacial score (nSPS) is 9.62. The molecule has 0 fully saturated rings. The maximum atomic E-state index is 5.51. The number of hydrogen-bond acceptors (Lipinski definition) is 4. The molecule has 4 nitrogen and oxygen atoms in total. The summed E-state index contributed by atoms with van der Waals surface area (Å²) in [5.41, 5.74) is 5.38. The molecular weight excluding hydrogens is 226 g/mol. The third kappa shape index (κ3) is 3.27. The van der Waals surface area contributed by atoms with Gasteiger partial charge in [0.15, 0.2) is 11.5 Å². The lowest BCUT2D eigenvalue weighted by molar-refractivity contribution is 0.291. The van der Waals surface area contributed by atoms with Crippen LogP contribution < -0.4 is 19.9 Å². The number of benzene rings is 1. The minimum Gasteiger partial charge on any atom is -0.493 e. The number of ether oxygens (including phenoxy) is 3. The van der Waals surface area contributed by atoms with Gasteiger partial charge in [-0.25, -0.2) is 0 Å². The van der Waals surface area contributed by atoms with E-state index in [-0.39, 0.29) is 0 Å². The average Bonchev–Trinajstić information content (AvgIpc) is 2.28. The first kappa shape index (κ1) is 12.6. The molecule has 0 amide bonds. The molecule has 0 aliphatic rings. The Kier molecular flexibility index (Phi) is 4.85. The predicted molar refractivity (Wildman–Crippen MR) is 66.4 cm³/mol. The largest absolute Gasteiger partial charge is 0.493 e. The molecule has 0 bridgehead atoms. The fourth-order valence-electron chi connectivity index (χ4n) is 1.23. The molecule has 0 atom stereocenters. The summed E-state index contributed by atoms with van der Waals surface area (Å²) in [6.07, 6.45) is 0.537. The second kappa shape index (κ2) is 6.17. The molecule has 0 aliphatic heterocycles. The lowest BCUT2D eigenvalue weighted by Gasteiger charge is -2.13. The Hall–Kier alpha value is -1.49. The van der Waals surface area contributed by atoms with Crippen LogP contribution in [0.4, 0.5) is 0 Å². The summed E-state index contributed by atoms with van der Waals surface area (Å²) in [7, 11) is 3.15. The summed E-state index contributed by atoms with van der Waals surface area (Å²) in [4.78, 5) is 0.432. The zero-order chi connectivity index (χ0) is 12.0. The Bertz CT molecular complexity index is 368. The highest BCUT2D eigenvalue weighted by molar-refractivity contribution is 7.80. The molecule has 0 aliphatic carbocycles. The van der Waals surface area contributed by atoms with E-state index in [1.54, 1.807) is 26.4 Å². The van der Waals surface area contributed by atoms with Crippen LogP contribution in [0.1, 0.15) is 6.42 Å². The fourth-order valence-corrected chi connectivity index (χ4v) is 1.32. The number of nitrogens with two attached hydrogens (primary N) is 1. The van der Waals surface area contributed by atoms with Gasteiger partial charge < -0.3 is 19.9 Å². The van der Waals surface area contributed by atoms with E-state index >= 15 is 0 Å². The minimum absolute atomic E-state index is 0.429. The highest BCUT2D eigenvalue weighted by Gasteiger charge is 2.10. The van der Waals surface area contributed by atoms with Crippen molar-refractivity contribution in [3.05, 3.63) is 18.2 Å². The highest BCUT2D eigenvalue weighted by Crippen LogP contribution is 2.36. The smallest absolute Gasteiger partial charge is 0.203 e. The standard InChI is InChI=1S/C11H15NO3S/c1-13-8-4-3-5-9(11(8)14-2)15-7-6-10(12)16/h3-5H,6-7H2,1-2H3,(H2,12,16). The molecule has 88 valence electrons. The molecule has 0 spiro atoms. The zero-order valence-corrected chi connectivity index (χ0v) is 10.2. The second-order valence-corrected chi connectivity index (χ2v) is 3.58. The predicted octanol–water partition coefficient (Wildman–Crippen LogP) is 1.76. The molecule has 5 heteroatoms. The fraction of sp³-hybridized carbons (Fsp3) is 0.364. The molecule has 1 rings (SSSR count). The molecule has 0 saturated heterocycles. The van der Waals surface area contributed by atoms with Crippen LogP contribution in [0.25, 0.3) is 0 Å². The van der Waals surface area contributed by atoms with Crippen molar-refractivity contribution >= 4 is 17.2 Å². The van der Waals surface area contributed by atoms with Crippen molar-refractivity contribution in [2.24, 2.45) is 5.73 Å². The van der Waals surface area contributed by atoms with E-state index in [4.69, 9.17) is 32.2 Å². The molecule has 0 heterocycles. The minimum atomic E-state index is 0.429. The summed E-state index contributed by atoms with van der Waals surface area (Å²) in [6.45, 7) is 0.429. The van der Waals surface area contributed by atoms with Gasteiger partial charge in [-0.05, 0) is 12.1 Å². The molecular formula is C11H15NO3S. The van der Waals surface area contributed by atoms with Crippen LogP contribution in [0, 0.1) is 0 Å². The maximum Gasteiger partial charge on any atom is 0.203 e. The van der Waals surface area contributed by atoms with Crippen LogP contribution >= 0.6 is 12.2 Å². The molecule has 16 heavy (non-hydrogen) atoms. The summed E-state index contributed by atoms with van der Waals surface area (Å²) in [5, 5.41) is 0. The highest BCUT2D eigenvalue weighted by atomic mass is 32.1. The SMILES string of the molecule is COc1cccc(OCCC(N)=S)c1OC. The van der Waals surface area contributed by atoms with Gasteiger partial charge in [0, 0.05) is 6.42 Å². The average molecular weight is 241 g/mol. The van der Waals surface area contributed by atoms with Crippen LogP contribution in [-0.2, 0) is 0 Å². The lowest BCUT2D eigenvalue weighted by atomic mass is 10.3. The first-order chi connectivity index (χ1) is 7.69. The quantitative estimate of drug-likeness (QED) is 0.769.